The summed E-state index contributed by atoms with van der Waals surface area (Å²) in [6, 6.07) is 2.30. The highest BCUT2D eigenvalue weighted by Gasteiger charge is 2.64. The van der Waals surface area contributed by atoms with Crippen LogP contribution in [0.15, 0.2) is 11.4 Å². The lowest BCUT2D eigenvalue weighted by molar-refractivity contribution is -0.936. The van der Waals surface area contributed by atoms with E-state index in [4.69, 9.17) is 0 Å². The predicted molar refractivity (Wildman–Crippen MR) is 54.9 cm³/mol. The number of fused-ring (bicyclic) bond motifs is 3. The first-order valence-electron chi connectivity index (χ1n) is 4.81. The zero-order valence-corrected chi connectivity index (χ0v) is 8.95. The van der Waals surface area contributed by atoms with Crippen LogP contribution in [-0.2, 0) is 5.54 Å². The van der Waals surface area contributed by atoms with Gasteiger partial charge < -0.3 is 9.80 Å². The molecule has 0 aromatic carbocycles. The molecule has 1 atom stereocenters. The summed E-state index contributed by atoms with van der Waals surface area (Å²) in [5, 5.41) is 5.73. The van der Waals surface area contributed by atoms with Crippen molar-refractivity contribution >= 4 is 11.3 Å². The van der Waals surface area contributed by atoms with Gasteiger partial charge in [0.05, 0.1) is 32.1 Å². The largest absolute Gasteiger partial charge is 0.313 e. The fraction of sp³-hybridized carbons (Fsp3) is 0.600. The first kappa shape index (κ1) is 7.97. The average Bonchev–Trinajstić information content (AvgIpc) is 2.51. The van der Waals surface area contributed by atoms with Crippen LogP contribution in [0.5, 0.6) is 0 Å². The summed E-state index contributed by atoms with van der Waals surface area (Å²) in [6.07, 6.45) is 0. The van der Waals surface area contributed by atoms with Gasteiger partial charge in [0.15, 0.2) is 5.54 Å². The molecular weight excluding hydrogens is 180 g/mol. The minimum Gasteiger partial charge on any atom is -0.313 e. The Kier molecular flexibility index (Phi) is 1.33. The van der Waals surface area contributed by atoms with Gasteiger partial charge >= 0.3 is 0 Å². The SMILES string of the molecule is C[N+]1(C)CCNCC12c1ccsc12. The smallest absolute Gasteiger partial charge is 0.174 e. The molecule has 0 radical (unpaired) electrons. The maximum Gasteiger partial charge on any atom is 0.174 e. The van der Waals surface area contributed by atoms with E-state index in [1.54, 1.807) is 10.4 Å². The van der Waals surface area contributed by atoms with Gasteiger partial charge in [-0.05, 0) is 11.4 Å². The van der Waals surface area contributed by atoms with E-state index in [1.165, 1.54) is 6.54 Å². The van der Waals surface area contributed by atoms with Crippen molar-refractivity contribution < 1.29 is 4.48 Å². The number of hydrogen-bond donors (Lipinski definition) is 1. The molecule has 0 bridgehead atoms. The quantitative estimate of drug-likeness (QED) is 0.609. The molecule has 13 heavy (non-hydrogen) atoms. The second-order valence-electron chi connectivity index (χ2n) is 4.61. The summed E-state index contributed by atoms with van der Waals surface area (Å²) >= 11 is 1.92. The standard InChI is InChI=1S/C10H15N2S/c1-12(2)5-4-11-7-10(12)8-3-6-13-9(8)10/h3,6,11H,4-5,7H2,1-2H3/q+1. The molecule has 1 aromatic heterocycles. The summed E-state index contributed by atoms with van der Waals surface area (Å²) < 4.78 is 1.14. The molecule has 2 nitrogen and oxygen atoms in total. The number of rotatable bonds is 0. The van der Waals surface area contributed by atoms with E-state index in [9.17, 15) is 0 Å². The third-order valence-electron chi connectivity index (χ3n) is 3.69. The lowest BCUT2D eigenvalue weighted by Gasteiger charge is -2.43. The van der Waals surface area contributed by atoms with Gasteiger partial charge in [0.25, 0.3) is 0 Å². The Labute approximate surface area is 82.8 Å². The summed E-state index contributed by atoms with van der Waals surface area (Å²) in [5.41, 5.74) is 1.96. The molecule has 1 fully saturated rings. The monoisotopic (exact) mass is 195 g/mol. The van der Waals surface area contributed by atoms with Crippen molar-refractivity contribution in [3.05, 3.63) is 21.9 Å². The summed E-state index contributed by atoms with van der Waals surface area (Å²) in [7, 11) is 4.71. The van der Waals surface area contributed by atoms with Crippen molar-refractivity contribution in [2.75, 3.05) is 33.7 Å². The van der Waals surface area contributed by atoms with E-state index in [0.717, 1.165) is 17.6 Å². The van der Waals surface area contributed by atoms with Gasteiger partial charge in [0, 0.05) is 12.1 Å². The Morgan fingerprint density at radius 1 is 1.54 bits per heavy atom. The lowest BCUT2D eigenvalue weighted by atomic mass is 10.1. The molecule has 1 saturated heterocycles. The molecule has 1 aromatic rings. The van der Waals surface area contributed by atoms with E-state index in [1.807, 2.05) is 11.3 Å². The third kappa shape index (κ3) is 0.760. The van der Waals surface area contributed by atoms with E-state index < -0.39 is 0 Å². The maximum absolute atomic E-state index is 3.52. The Morgan fingerprint density at radius 3 is 3.00 bits per heavy atom. The second kappa shape index (κ2) is 2.16. The van der Waals surface area contributed by atoms with Gasteiger partial charge in [-0.1, -0.05) is 0 Å². The van der Waals surface area contributed by atoms with Crippen LogP contribution in [0.2, 0.25) is 0 Å². The topological polar surface area (TPSA) is 12.0 Å². The van der Waals surface area contributed by atoms with E-state index in [-0.39, 0.29) is 0 Å². The van der Waals surface area contributed by atoms with Crippen LogP contribution in [0.1, 0.15) is 10.4 Å². The summed E-state index contributed by atoms with van der Waals surface area (Å²) in [6.45, 7) is 3.53. The zero-order chi connectivity index (χ0) is 9.10. The Balaban J connectivity index is 2.04. The van der Waals surface area contributed by atoms with E-state index in [0.29, 0.717) is 5.54 Å². The first-order valence-corrected chi connectivity index (χ1v) is 5.69. The van der Waals surface area contributed by atoms with Gasteiger partial charge in [-0.2, -0.15) is 0 Å². The minimum atomic E-state index is 0.373. The van der Waals surface area contributed by atoms with Crippen molar-refractivity contribution in [1.82, 2.24) is 5.32 Å². The fourth-order valence-corrected chi connectivity index (χ4v) is 3.94. The van der Waals surface area contributed by atoms with Crippen LogP contribution in [0.25, 0.3) is 0 Å². The molecule has 1 spiro atoms. The Hall–Kier alpha value is -0.380. The molecule has 0 amide bonds. The van der Waals surface area contributed by atoms with E-state index >= 15 is 0 Å². The van der Waals surface area contributed by atoms with Gasteiger partial charge in [-0.25, -0.2) is 0 Å². The minimum absolute atomic E-state index is 0.373. The molecule has 2 aliphatic rings. The van der Waals surface area contributed by atoms with Crippen LogP contribution < -0.4 is 5.32 Å². The number of likely N-dealkylation sites (N-methyl/N-ethyl adjacent to an activating group) is 1. The zero-order valence-electron chi connectivity index (χ0n) is 8.13. The fourth-order valence-electron chi connectivity index (χ4n) is 2.66. The van der Waals surface area contributed by atoms with Crippen molar-refractivity contribution in [1.29, 1.82) is 0 Å². The number of hydrogen-bond acceptors (Lipinski definition) is 2. The van der Waals surface area contributed by atoms with Crippen LogP contribution in [-0.4, -0.2) is 38.2 Å². The molecule has 2 heterocycles. The first-order chi connectivity index (χ1) is 6.18. The molecule has 3 rings (SSSR count). The highest BCUT2D eigenvalue weighted by atomic mass is 32.1. The maximum atomic E-state index is 3.52. The van der Waals surface area contributed by atoms with Crippen molar-refractivity contribution in [2.45, 2.75) is 5.54 Å². The van der Waals surface area contributed by atoms with Crippen LogP contribution in [0, 0.1) is 0 Å². The van der Waals surface area contributed by atoms with Crippen LogP contribution >= 0.6 is 11.3 Å². The second-order valence-corrected chi connectivity index (χ2v) is 5.53. The molecule has 70 valence electrons. The van der Waals surface area contributed by atoms with Crippen molar-refractivity contribution in [2.24, 2.45) is 0 Å². The molecule has 1 N–H and O–H groups in total. The number of piperazine rings is 1. The molecule has 0 saturated carbocycles. The molecule has 3 heteroatoms. The van der Waals surface area contributed by atoms with Gasteiger partial charge in [0.2, 0.25) is 0 Å². The number of nitrogens with zero attached hydrogens (tertiary/aromatic N) is 1. The molecule has 1 aliphatic carbocycles. The number of quaternary nitrogens is 1. The average molecular weight is 195 g/mol. The summed E-state index contributed by atoms with van der Waals surface area (Å²) in [4.78, 5) is 1.62. The van der Waals surface area contributed by atoms with Crippen molar-refractivity contribution in [3.63, 3.8) is 0 Å². The third-order valence-corrected chi connectivity index (χ3v) is 4.75. The van der Waals surface area contributed by atoms with Gasteiger partial charge in [-0.15, -0.1) is 11.3 Å². The molecular formula is C10H15N2S+. The highest BCUT2D eigenvalue weighted by Crippen LogP contribution is 2.58. The normalized spacial score (nSPS) is 34.6. The Morgan fingerprint density at radius 2 is 2.38 bits per heavy atom. The predicted octanol–water partition coefficient (Wildman–Crippen LogP) is 0.985. The lowest BCUT2D eigenvalue weighted by Crippen LogP contribution is -2.61. The van der Waals surface area contributed by atoms with Crippen LogP contribution in [0.4, 0.5) is 0 Å². The Bertz CT molecular complexity index is 335. The van der Waals surface area contributed by atoms with Gasteiger partial charge in [-0.3, -0.25) is 0 Å². The van der Waals surface area contributed by atoms with Crippen LogP contribution in [0.3, 0.4) is 0 Å². The van der Waals surface area contributed by atoms with Gasteiger partial charge in [0.1, 0.15) is 0 Å². The van der Waals surface area contributed by atoms with Crippen molar-refractivity contribution in [3.8, 4) is 0 Å². The number of nitrogens with one attached hydrogen (secondary N) is 1. The number of thiophene rings is 1. The molecule has 1 aliphatic heterocycles. The highest BCUT2D eigenvalue weighted by molar-refractivity contribution is 7.11. The molecule has 1 unspecified atom stereocenters. The summed E-state index contributed by atoms with van der Waals surface area (Å²) in [5.74, 6) is 0. The van der Waals surface area contributed by atoms with E-state index in [2.05, 4.69) is 30.9 Å².